The highest BCUT2D eigenvalue weighted by Gasteiger charge is 2.57. The Kier molecular flexibility index (Phi) is 16.5. The monoisotopic (exact) mass is 1200 g/mol. The largest absolute Gasteiger partial charge is 0.494 e. The summed E-state index contributed by atoms with van der Waals surface area (Å²) >= 11 is 6.77. The Balaban J connectivity index is 0.000000142. The molecule has 4 aromatic heterocycles. The molecule has 2 amide bonds. The maximum absolute atomic E-state index is 13.6. The van der Waals surface area contributed by atoms with E-state index < -0.39 is 29.4 Å². The maximum Gasteiger partial charge on any atom is 0.344 e. The van der Waals surface area contributed by atoms with Gasteiger partial charge in [0.25, 0.3) is 0 Å². The molecule has 0 radical (unpaired) electrons. The number of carboxylic acid groups (broad SMARTS) is 1. The number of carbonyl (C=O) groups is 6. The number of carbonyl (C=O) groups excluding carboxylic acids is 5. The molecule has 0 fully saturated rings. The minimum Gasteiger partial charge on any atom is -0.494 e. The van der Waals surface area contributed by atoms with Crippen LogP contribution in [0.15, 0.2) is 110 Å². The van der Waals surface area contributed by atoms with Crippen molar-refractivity contribution in [3.63, 3.8) is 0 Å². The number of hydrogen-bond acceptors (Lipinski definition) is 13. The van der Waals surface area contributed by atoms with Gasteiger partial charge in [-0.05, 0) is 155 Å². The van der Waals surface area contributed by atoms with E-state index in [2.05, 4.69) is 56.9 Å². The standard InChI is InChI=1S/C21H22N2O3.C16H12N2O3.C13H16N2O3.C10H10Br2O2/c1-20(2,3)23-18-16(5-4-8-22-18)21(19(23)26)10-14-7-6-13(17(25)12-24)9-15(14)11-21;19-14(20)9-3-4-10-7-16(8-11(10)6-9)12-2-1-5-17-13(12)18-15(16)21;1-13(2,3)15-10-8(6-5-7-14-10)9(11(15)16)12(17)18-4;1-14-10(13)7-2-3-8(5-11)9(4-7)6-12/h4-9,24H,10-12H2,1-3H3;1-6H,7-8H2,(H,19,20)(H,17,18,21);5-7,16H,1-4H3;2-4H,5-6H2,1H3/t21-;16-;;/m11../s1. The third-order valence-corrected chi connectivity index (χ3v) is 15.8. The molecule has 4 aliphatic rings. The summed E-state index contributed by atoms with van der Waals surface area (Å²) in [7, 11) is 2.67. The number of Topliss-reactive ketones (excluding diaryl/α,β-unsaturated/α-hetero) is 1. The molecule has 2 aliphatic heterocycles. The smallest absolute Gasteiger partial charge is 0.344 e. The summed E-state index contributed by atoms with van der Waals surface area (Å²) in [6.45, 7) is 11.3. The van der Waals surface area contributed by atoms with Crippen molar-refractivity contribution < 1.29 is 53.6 Å². The lowest BCUT2D eigenvalue weighted by Gasteiger charge is -2.33. The molecule has 4 N–H and O–H groups in total. The number of hydrogen-bond donors (Lipinski definition) is 4. The lowest BCUT2D eigenvalue weighted by Crippen LogP contribution is -2.49. The van der Waals surface area contributed by atoms with Crippen molar-refractivity contribution in [2.24, 2.45) is 0 Å². The number of aliphatic hydroxyl groups is 1. The quantitative estimate of drug-likeness (QED) is 0.0660. The third-order valence-electron chi connectivity index (χ3n) is 14.6. The van der Waals surface area contributed by atoms with Crippen molar-refractivity contribution in [2.75, 3.05) is 31.0 Å². The highest BCUT2D eigenvalue weighted by molar-refractivity contribution is 9.09. The van der Waals surface area contributed by atoms with Gasteiger partial charge in [-0.15, -0.1) is 0 Å². The molecule has 2 aliphatic carbocycles. The van der Waals surface area contributed by atoms with Crippen molar-refractivity contribution in [1.29, 1.82) is 0 Å². The fourth-order valence-electron chi connectivity index (χ4n) is 10.8. The predicted octanol–water partition coefficient (Wildman–Crippen LogP) is 9.75. The lowest BCUT2D eigenvalue weighted by atomic mass is 9.79. The summed E-state index contributed by atoms with van der Waals surface area (Å²) < 4.78 is 11.0. The van der Waals surface area contributed by atoms with Crippen LogP contribution >= 0.6 is 31.9 Å². The number of esters is 2. The number of nitrogens with zero attached hydrogens (tertiary/aromatic N) is 5. The number of ether oxygens (including phenoxy) is 2. The highest BCUT2D eigenvalue weighted by Crippen LogP contribution is 2.51. The minimum absolute atomic E-state index is 0.0516. The number of amides is 2. The fourth-order valence-corrected chi connectivity index (χ4v) is 11.9. The number of fused-ring (bicyclic) bond motifs is 7. The van der Waals surface area contributed by atoms with Crippen LogP contribution in [-0.2, 0) is 71.8 Å². The van der Waals surface area contributed by atoms with E-state index >= 15 is 0 Å². The molecule has 0 saturated heterocycles. The Morgan fingerprint density at radius 1 is 0.658 bits per heavy atom. The highest BCUT2D eigenvalue weighted by atomic mass is 79.9. The first-order valence-corrected chi connectivity index (χ1v) is 27.5. The first-order chi connectivity index (χ1) is 37.5. The van der Waals surface area contributed by atoms with E-state index in [1.54, 1.807) is 59.6 Å². The van der Waals surface area contributed by atoms with Crippen LogP contribution in [0.25, 0.3) is 11.0 Å². The lowest BCUT2D eigenvalue weighted by molar-refractivity contribution is -0.124. The Morgan fingerprint density at radius 2 is 1.22 bits per heavy atom. The van der Waals surface area contributed by atoms with Crippen molar-refractivity contribution in [1.82, 2.24) is 19.5 Å². The Bertz CT molecular complexity index is 3590. The summed E-state index contributed by atoms with van der Waals surface area (Å²) in [4.78, 5) is 86.7. The molecular formula is C60H60Br2N6O11. The van der Waals surface area contributed by atoms with Gasteiger partial charge in [-0.2, -0.15) is 0 Å². The van der Waals surface area contributed by atoms with Gasteiger partial charge >= 0.3 is 17.9 Å². The van der Waals surface area contributed by atoms with Gasteiger partial charge in [0.1, 0.15) is 29.5 Å². The van der Waals surface area contributed by atoms with Crippen LogP contribution in [0, 0.1) is 0 Å². The number of aromatic hydroxyl groups is 1. The molecule has 2 atom stereocenters. The van der Waals surface area contributed by atoms with Crippen molar-refractivity contribution in [3.8, 4) is 5.88 Å². The zero-order valence-electron chi connectivity index (χ0n) is 44.9. The van der Waals surface area contributed by atoms with Crippen LogP contribution in [0.2, 0.25) is 0 Å². The fraction of sp³-hybridized carbons (Fsp3) is 0.317. The van der Waals surface area contributed by atoms with E-state index in [4.69, 9.17) is 14.9 Å². The summed E-state index contributed by atoms with van der Waals surface area (Å²) in [6, 6.07) is 27.2. The number of alkyl halides is 2. The van der Waals surface area contributed by atoms with Gasteiger partial charge in [0.05, 0.1) is 36.2 Å². The van der Waals surface area contributed by atoms with Crippen LogP contribution in [0.5, 0.6) is 5.88 Å². The Labute approximate surface area is 473 Å². The van der Waals surface area contributed by atoms with Crippen LogP contribution in [0.4, 0.5) is 11.6 Å². The van der Waals surface area contributed by atoms with Crippen LogP contribution in [0.3, 0.4) is 0 Å². The molecule has 2 spiro atoms. The van der Waals surface area contributed by atoms with E-state index in [9.17, 15) is 33.9 Å². The zero-order valence-corrected chi connectivity index (χ0v) is 48.1. The summed E-state index contributed by atoms with van der Waals surface area (Å²) in [5.41, 5.74) is 8.24. The van der Waals surface area contributed by atoms with E-state index in [0.717, 1.165) is 55.4 Å². The van der Waals surface area contributed by atoms with Gasteiger partial charge in [-0.1, -0.05) is 68.3 Å². The molecule has 17 nitrogen and oxygen atoms in total. The number of pyridine rings is 3. The number of aliphatic hydroxyl groups excluding tert-OH is 1. The van der Waals surface area contributed by atoms with Gasteiger partial charge in [-0.3, -0.25) is 23.9 Å². The van der Waals surface area contributed by atoms with Crippen molar-refractivity contribution in [3.05, 3.63) is 176 Å². The number of aromatic carboxylic acids is 1. The van der Waals surface area contributed by atoms with E-state index in [0.29, 0.717) is 53.7 Å². The zero-order chi connectivity index (χ0) is 57.4. The number of methoxy groups -OCH3 is 2. The van der Waals surface area contributed by atoms with Gasteiger partial charge < -0.3 is 30.1 Å². The number of aromatic nitrogens is 4. The second-order valence-electron chi connectivity index (χ2n) is 21.6. The summed E-state index contributed by atoms with van der Waals surface area (Å²) in [6.07, 6.45) is 7.29. The van der Waals surface area contributed by atoms with Crippen molar-refractivity contribution in [2.45, 2.75) is 99.8 Å². The number of carboxylic acids is 1. The molecule has 79 heavy (non-hydrogen) atoms. The number of halogens is 2. The van der Waals surface area contributed by atoms with Crippen LogP contribution < -0.4 is 10.2 Å². The van der Waals surface area contributed by atoms with Gasteiger partial charge in [0, 0.05) is 62.4 Å². The maximum atomic E-state index is 13.6. The van der Waals surface area contributed by atoms with E-state index in [1.165, 1.54) is 19.8 Å². The molecule has 0 saturated carbocycles. The molecule has 410 valence electrons. The Hall–Kier alpha value is -7.61. The first kappa shape index (κ1) is 57.6. The van der Waals surface area contributed by atoms with E-state index in [1.807, 2.05) is 101 Å². The molecule has 0 unspecified atom stereocenters. The van der Waals surface area contributed by atoms with Gasteiger partial charge in [-0.25, -0.2) is 29.3 Å². The SMILES string of the molecule is CC(C)(C)N1C(=O)[C@@]2(Cc3ccc(C(=O)CO)cc3C2)c2cccnc21.COC(=O)c1c(O)n(C(C)(C)C)c2ncccc12.COC(=O)c1ccc(CBr)c(CBr)c1.O=C(O)c1ccc2c(c1)C[C@@]1(C2)C(=O)Nc2ncccc21. The third kappa shape index (κ3) is 10.8. The predicted molar refractivity (Wildman–Crippen MR) is 305 cm³/mol. The van der Waals surface area contributed by atoms with Crippen molar-refractivity contribution >= 4 is 90.0 Å². The van der Waals surface area contributed by atoms with Gasteiger partial charge in [0.15, 0.2) is 5.78 Å². The average molecular weight is 1200 g/mol. The number of benzene rings is 3. The number of rotatable bonds is 7. The molecule has 6 heterocycles. The normalized spacial score (nSPS) is 17.3. The van der Waals surface area contributed by atoms with Gasteiger partial charge in [0.2, 0.25) is 17.7 Å². The van der Waals surface area contributed by atoms with E-state index in [-0.39, 0.29) is 51.7 Å². The molecule has 3 aromatic carbocycles. The number of anilines is 2. The Morgan fingerprint density at radius 3 is 1.82 bits per heavy atom. The number of nitrogens with one attached hydrogen (secondary N) is 1. The van der Waals surface area contributed by atoms with Crippen LogP contribution in [0.1, 0.15) is 127 Å². The second-order valence-corrected chi connectivity index (χ2v) is 22.7. The molecular weight excluding hydrogens is 1140 g/mol. The molecule has 7 aromatic rings. The van der Waals surface area contributed by atoms with Crippen LogP contribution in [-0.4, -0.2) is 96.7 Å². The first-order valence-electron chi connectivity index (χ1n) is 25.3. The molecule has 11 rings (SSSR count). The second kappa shape index (κ2) is 22.6. The summed E-state index contributed by atoms with van der Waals surface area (Å²) in [5.74, 6) is -0.834. The summed E-state index contributed by atoms with van der Waals surface area (Å²) in [5, 5.41) is 33.4. The molecule has 19 heteroatoms. The molecule has 0 bridgehead atoms. The number of ketones is 1. The average Bonchev–Trinajstić information content (AvgIpc) is 4.43. The topological polar surface area (TPSA) is 240 Å². The minimum atomic E-state index is -0.948.